The third-order valence-corrected chi connectivity index (χ3v) is 3.54. The Bertz CT molecular complexity index is 841. The molecule has 0 radical (unpaired) electrons. The van der Waals surface area contributed by atoms with E-state index in [1.54, 1.807) is 23.1 Å². The van der Waals surface area contributed by atoms with Gasteiger partial charge in [-0.1, -0.05) is 24.3 Å². The smallest absolute Gasteiger partial charge is 0.217 e. The van der Waals surface area contributed by atoms with Gasteiger partial charge in [0.15, 0.2) is 0 Å². The first-order chi connectivity index (χ1) is 12.2. The largest absolute Gasteiger partial charge is 0.501 e. The van der Waals surface area contributed by atoms with Crippen LogP contribution in [0.25, 0.3) is 17.2 Å². The van der Waals surface area contributed by atoms with Crippen molar-refractivity contribution < 1.29 is 9.47 Å². The summed E-state index contributed by atoms with van der Waals surface area (Å²) in [6.45, 7) is 3.00. The van der Waals surface area contributed by atoms with Gasteiger partial charge in [0.1, 0.15) is 12.9 Å². The van der Waals surface area contributed by atoms with Gasteiger partial charge in [0, 0.05) is 24.9 Å². The molecule has 0 aliphatic carbocycles. The van der Waals surface area contributed by atoms with Crippen LogP contribution in [0.15, 0.2) is 55.3 Å². The van der Waals surface area contributed by atoms with Gasteiger partial charge in [0.2, 0.25) is 5.88 Å². The Kier molecular flexibility index (Phi) is 5.41. The summed E-state index contributed by atoms with van der Waals surface area (Å²) >= 11 is 0. The molecule has 2 aromatic heterocycles. The molecule has 128 valence electrons. The molecule has 0 N–H and O–H groups in total. The lowest BCUT2D eigenvalue weighted by Gasteiger charge is -2.06. The molecule has 1 aromatic carbocycles. The van der Waals surface area contributed by atoms with Crippen molar-refractivity contribution in [3.05, 3.63) is 66.6 Å². The van der Waals surface area contributed by atoms with E-state index in [1.807, 2.05) is 38.5 Å². The molecule has 2 heterocycles. The van der Waals surface area contributed by atoms with Crippen LogP contribution in [-0.2, 0) is 18.4 Å². The molecule has 0 aliphatic rings. The first kappa shape index (κ1) is 16.7. The van der Waals surface area contributed by atoms with Crippen LogP contribution < -0.4 is 4.74 Å². The van der Waals surface area contributed by atoms with Crippen LogP contribution in [0, 0.1) is 0 Å². The number of aryl methyl sites for hydroxylation is 1. The van der Waals surface area contributed by atoms with E-state index < -0.39 is 0 Å². The molecule has 3 aromatic rings. The highest BCUT2D eigenvalue weighted by Crippen LogP contribution is 2.19. The predicted molar refractivity (Wildman–Crippen MR) is 95.7 cm³/mol. The monoisotopic (exact) mass is 336 g/mol. The lowest BCUT2D eigenvalue weighted by Crippen LogP contribution is -1.98. The van der Waals surface area contributed by atoms with Gasteiger partial charge in [-0.3, -0.25) is 4.68 Å². The molecule has 25 heavy (non-hydrogen) atoms. The van der Waals surface area contributed by atoms with E-state index in [9.17, 15) is 0 Å². The van der Waals surface area contributed by atoms with E-state index in [0.29, 0.717) is 19.1 Å². The Hall–Kier alpha value is -3.15. The number of hydrogen-bond donors (Lipinski definition) is 0. The van der Waals surface area contributed by atoms with Gasteiger partial charge < -0.3 is 9.47 Å². The van der Waals surface area contributed by atoms with Crippen molar-refractivity contribution in [1.82, 2.24) is 19.7 Å². The van der Waals surface area contributed by atoms with Crippen molar-refractivity contribution in [3.8, 4) is 17.0 Å². The van der Waals surface area contributed by atoms with E-state index in [1.165, 1.54) is 6.33 Å². The first-order valence-corrected chi connectivity index (χ1v) is 8.05. The number of hydrogen-bond acceptors (Lipinski definition) is 5. The SMILES string of the molecule is CCO/C=C/c1cc(OCc2ccc(-c3cnn(C)c3)cc2)ncn1. The summed E-state index contributed by atoms with van der Waals surface area (Å²) in [5.74, 6) is 0.530. The zero-order valence-corrected chi connectivity index (χ0v) is 14.3. The second kappa shape index (κ2) is 8.10. The van der Waals surface area contributed by atoms with Gasteiger partial charge in [-0.15, -0.1) is 0 Å². The average molecular weight is 336 g/mol. The second-order valence-corrected chi connectivity index (χ2v) is 5.43. The fraction of sp³-hybridized carbons (Fsp3) is 0.211. The minimum atomic E-state index is 0.443. The number of aromatic nitrogens is 4. The molecule has 0 spiro atoms. The van der Waals surface area contributed by atoms with Crippen LogP contribution in [0.5, 0.6) is 5.88 Å². The Morgan fingerprint density at radius 2 is 1.96 bits per heavy atom. The maximum Gasteiger partial charge on any atom is 0.217 e. The molecule has 0 saturated heterocycles. The van der Waals surface area contributed by atoms with Crippen LogP contribution in [0.1, 0.15) is 18.2 Å². The van der Waals surface area contributed by atoms with Crippen molar-refractivity contribution in [1.29, 1.82) is 0 Å². The molecule has 0 bridgehead atoms. The van der Waals surface area contributed by atoms with E-state index in [-0.39, 0.29) is 0 Å². The van der Waals surface area contributed by atoms with Crippen molar-refractivity contribution in [2.24, 2.45) is 7.05 Å². The fourth-order valence-electron chi connectivity index (χ4n) is 2.26. The molecular formula is C19H20N4O2. The highest BCUT2D eigenvalue weighted by atomic mass is 16.5. The molecule has 0 unspecified atom stereocenters. The molecular weight excluding hydrogens is 316 g/mol. The second-order valence-electron chi connectivity index (χ2n) is 5.43. The Morgan fingerprint density at radius 3 is 2.68 bits per heavy atom. The van der Waals surface area contributed by atoms with Gasteiger partial charge in [0.05, 0.1) is 24.8 Å². The molecule has 6 nitrogen and oxygen atoms in total. The molecule has 3 rings (SSSR count). The van der Waals surface area contributed by atoms with Crippen molar-refractivity contribution in [2.75, 3.05) is 6.61 Å². The number of ether oxygens (including phenoxy) is 2. The summed E-state index contributed by atoms with van der Waals surface area (Å²) in [6, 6.07) is 9.98. The molecule has 0 fully saturated rings. The van der Waals surface area contributed by atoms with Crippen molar-refractivity contribution >= 4 is 6.08 Å². The highest BCUT2D eigenvalue weighted by molar-refractivity contribution is 5.61. The lowest BCUT2D eigenvalue weighted by molar-refractivity contribution is 0.272. The minimum Gasteiger partial charge on any atom is -0.501 e. The van der Waals surface area contributed by atoms with Gasteiger partial charge >= 0.3 is 0 Å². The molecule has 0 saturated carbocycles. The predicted octanol–water partition coefficient (Wildman–Crippen LogP) is 3.46. The summed E-state index contributed by atoms with van der Waals surface area (Å²) in [5.41, 5.74) is 4.03. The highest BCUT2D eigenvalue weighted by Gasteiger charge is 2.02. The molecule has 6 heteroatoms. The van der Waals surface area contributed by atoms with Crippen LogP contribution in [0.2, 0.25) is 0 Å². The number of nitrogens with zero attached hydrogens (tertiary/aromatic N) is 4. The van der Waals surface area contributed by atoms with E-state index in [4.69, 9.17) is 9.47 Å². The zero-order chi connectivity index (χ0) is 17.5. The van der Waals surface area contributed by atoms with Gasteiger partial charge in [-0.2, -0.15) is 5.10 Å². The molecule has 0 atom stereocenters. The molecule has 0 amide bonds. The summed E-state index contributed by atoms with van der Waals surface area (Å²) in [5, 5.41) is 4.19. The summed E-state index contributed by atoms with van der Waals surface area (Å²) in [7, 11) is 1.91. The summed E-state index contributed by atoms with van der Waals surface area (Å²) < 4.78 is 12.7. The van der Waals surface area contributed by atoms with Crippen LogP contribution in [-0.4, -0.2) is 26.4 Å². The van der Waals surface area contributed by atoms with Crippen molar-refractivity contribution in [3.63, 3.8) is 0 Å². The first-order valence-electron chi connectivity index (χ1n) is 8.05. The topological polar surface area (TPSA) is 62.1 Å². The Labute approximate surface area is 146 Å². The Morgan fingerprint density at radius 1 is 1.12 bits per heavy atom. The zero-order valence-electron chi connectivity index (χ0n) is 14.3. The number of benzene rings is 1. The van der Waals surface area contributed by atoms with Crippen LogP contribution in [0.4, 0.5) is 0 Å². The lowest BCUT2D eigenvalue weighted by atomic mass is 10.1. The van der Waals surface area contributed by atoms with Crippen LogP contribution in [0.3, 0.4) is 0 Å². The standard InChI is InChI=1S/C19H20N4O2/c1-3-24-9-8-18-10-19(21-14-20-18)25-13-15-4-6-16(7-5-15)17-11-22-23(2)12-17/h4-12,14H,3,13H2,1-2H3/b9-8+. The maximum absolute atomic E-state index is 5.75. The van der Waals surface area contributed by atoms with Gasteiger partial charge in [0.25, 0.3) is 0 Å². The van der Waals surface area contributed by atoms with E-state index in [2.05, 4.69) is 27.2 Å². The van der Waals surface area contributed by atoms with Crippen LogP contribution >= 0.6 is 0 Å². The quantitative estimate of drug-likeness (QED) is 0.618. The summed E-state index contributed by atoms with van der Waals surface area (Å²) in [4.78, 5) is 8.28. The van der Waals surface area contributed by atoms with Crippen molar-refractivity contribution in [2.45, 2.75) is 13.5 Å². The normalized spacial score (nSPS) is 11.0. The third kappa shape index (κ3) is 4.67. The maximum atomic E-state index is 5.75. The Balaban J connectivity index is 1.61. The molecule has 0 aliphatic heterocycles. The fourth-order valence-corrected chi connectivity index (χ4v) is 2.26. The van der Waals surface area contributed by atoms with Gasteiger partial charge in [-0.05, 0) is 24.1 Å². The van der Waals surface area contributed by atoms with E-state index in [0.717, 1.165) is 22.4 Å². The average Bonchev–Trinajstić information content (AvgIpc) is 3.07. The third-order valence-electron chi connectivity index (χ3n) is 3.54. The minimum absolute atomic E-state index is 0.443. The van der Waals surface area contributed by atoms with E-state index >= 15 is 0 Å². The van der Waals surface area contributed by atoms with Gasteiger partial charge in [-0.25, -0.2) is 9.97 Å². The number of rotatable bonds is 7. The summed E-state index contributed by atoms with van der Waals surface area (Å²) in [6.07, 6.45) is 8.71.